The summed E-state index contributed by atoms with van der Waals surface area (Å²) in [6, 6.07) is 2.41. The average Bonchev–Trinajstić information content (AvgIpc) is 2.22. The molecule has 1 aromatic carbocycles. The third-order valence-electron chi connectivity index (χ3n) is 2.66. The predicted octanol–water partition coefficient (Wildman–Crippen LogP) is 2.22. The Morgan fingerprint density at radius 3 is 2.41 bits per heavy atom. The van der Waals surface area contributed by atoms with Gasteiger partial charge in [0, 0.05) is 12.1 Å². The molecule has 1 unspecified atom stereocenters. The molecule has 3 nitrogen and oxygen atoms in total. The molecule has 94 valence electrons. The number of carboxylic acids is 1. The third kappa shape index (κ3) is 2.61. The van der Waals surface area contributed by atoms with Gasteiger partial charge in [-0.15, -0.1) is 0 Å². The minimum Gasteiger partial charge on any atom is -0.481 e. The zero-order valence-corrected chi connectivity index (χ0v) is 9.71. The van der Waals surface area contributed by atoms with Crippen molar-refractivity contribution < 1.29 is 18.7 Å². The van der Waals surface area contributed by atoms with E-state index in [2.05, 4.69) is 0 Å². The van der Waals surface area contributed by atoms with E-state index < -0.39 is 29.1 Å². The summed E-state index contributed by atoms with van der Waals surface area (Å²) in [5.41, 5.74) is 5.10. The number of aliphatic carboxylic acids is 1. The molecule has 0 radical (unpaired) electrons. The van der Waals surface area contributed by atoms with Crippen LogP contribution < -0.4 is 5.73 Å². The zero-order valence-electron chi connectivity index (χ0n) is 9.71. The molecule has 0 saturated carbocycles. The Labute approximate surface area is 98.2 Å². The lowest BCUT2D eigenvalue weighted by molar-refractivity contribution is -0.138. The van der Waals surface area contributed by atoms with Crippen LogP contribution in [0.2, 0.25) is 0 Å². The number of carbonyl (C=O) groups is 1. The fraction of sp³-hybridized carbons (Fsp3) is 0.417. The summed E-state index contributed by atoms with van der Waals surface area (Å²) in [6.45, 7) is 3.15. The highest BCUT2D eigenvalue weighted by molar-refractivity contribution is 5.76. The van der Waals surface area contributed by atoms with Gasteiger partial charge in [-0.05, 0) is 17.5 Å². The van der Waals surface area contributed by atoms with Crippen molar-refractivity contribution in [3.63, 3.8) is 0 Å². The van der Waals surface area contributed by atoms with E-state index in [0.717, 1.165) is 6.07 Å². The molecule has 17 heavy (non-hydrogen) atoms. The molecule has 0 aliphatic carbocycles. The van der Waals surface area contributed by atoms with E-state index in [1.165, 1.54) is 6.07 Å². The molecule has 3 N–H and O–H groups in total. The second-order valence-electron chi connectivity index (χ2n) is 4.15. The van der Waals surface area contributed by atoms with Gasteiger partial charge in [0.05, 0.1) is 5.92 Å². The number of carboxylic acid groups (broad SMARTS) is 1. The van der Waals surface area contributed by atoms with Gasteiger partial charge in [-0.2, -0.15) is 0 Å². The van der Waals surface area contributed by atoms with Crippen LogP contribution in [0, 0.1) is 11.6 Å². The van der Waals surface area contributed by atoms with Crippen LogP contribution in [0.5, 0.6) is 0 Å². The molecule has 0 spiro atoms. The second kappa shape index (κ2) is 5.23. The van der Waals surface area contributed by atoms with Gasteiger partial charge in [0.25, 0.3) is 0 Å². The fourth-order valence-corrected chi connectivity index (χ4v) is 1.69. The van der Waals surface area contributed by atoms with E-state index in [1.54, 1.807) is 13.8 Å². The Hall–Kier alpha value is -1.49. The minimum atomic E-state index is -1.35. The number of nitrogens with two attached hydrogens (primary N) is 1. The van der Waals surface area contributed by atoms with Gasteiger partial charge in [-0.3, -0.25) is 4.79 Å². The highest BCUT2D eigenvalue weighted by Crippen LogP contribution is 2.28. The van der Waals surface area contributed by atoms with Gasteiger partial charge in [0.2, 0.25) is 0 Å². The molecular formula is C12H15F2NO2. The van der Waals surface area contributed by atoms with Crippen molar-refractivity contribution in [3.8, 4) is 0 Å². The first-order chi connectivity index (χ1) is 7.90. The van der Waals surface area contributed by atoms with Crippen LogP contribution in [0.3, 0.4) is 0 Å². The van der Waals surface area contributed by atoms with Gasteiger partial charge < -0.3 is 10.8 Å². The monoisotopic (exact) mass is 243 g/mol. The lowest BCUT2D eigenvalue weighted by Gasteiger charge is -2.16. The van der Waals surface area contributed by atoms with Crippen molar-refractivity contribution in [2.45, 2.75) is 25.7 Å². The molecule has 0 saturated heterocycles. The molecule has 0 aromatic heterocycles. The van der Waals surface area contributed by atoms with Crippen molar-refractivity contribution in [2.24, 2.45) is 5.73 Å². The summed E-state index contributed by atoms with van der Waals surface area (Å²) in [4.78, 5) is 10.9. The molecule has 1 aromatic rings. The SMILES string of the molecule is CC(C)c1ccc(F)c(C(CN)C(=O)O)c1F. The van der Waals surface area contributed by atoms with Crippen molar-refractivity contribution in [1.29, 1.82) is 0 Å². The smallest absolute Gasteiger partial charge is 0.312 e. The van der Waals surface area contributed by atoms with Gasteiger partial charge in [-0.1, -0.05) is 19.9 Å². The fourth-order valence-electron chi connectivity index (χ4n) is 1.69. The summed E-state index contributed by atoms with van der Waals surface area (Å²) in [5, 5.41) is 8.89. The second-order valence-corrected chi connectivity index (χ2v) is 4.15. The molecule has 0 aliphatic rings. The molecule has 0 bridgehead atoms. The van der Waals surface area contributed by atoms with Crippen LogP contribution in [-0.4, -0.2) is 17.6 Å². The van der Waals surface area contributed by atoms with Crippen LogP contribution in [0.1, 0.15) is 36.8 Å². The number of halogens is 2. The molecule has 0 fully saturated rings. The molecular weight excluding hydrogens is 228 g/mol. The number of hydrogen-bond donors (Lipinski definition) is 2. The van der Waals surface area contributed by atoms with E-state index in [-0.39, 0.29) is 12.5 Å². The lowest BCUT2D eigenvalue weighted by Crippen LogP contribution is -2.24. The lowest BCUT2D eigenvalue weighted by atomic mass is 9.92. The molecule has 0 heterocycles. The van der Waals surface area contributed by atoms with Crippen LogP contribution in [-0.2, 0) is 4.79 Å². The summed E-state index contributed by atoms with van der Waals surface area (Å²) in [5.74, 6) is -4.51. The van der Waals surface area contributed by atoms with Crippen molar-refractivity contribution >= 4 is 5.97 Å². The van der Waals surface area contributed by atoms with Crippen molar-refractivity contribution in [1.82, 2.24) is 0 Å². The Balaban J connectivity index is 3.40. The molecule has 1 rings (SSSR count). The molecule has 0 amide bonds. The highest BCUT2D eigenvalue weighted by atomic mass is 19.1. The molecule has 0 aliphatic heterocycles. The normalized spacial score (nSPS) is 12.8. The van der Waals surface area contributed by atoms with E-state index >= 15 is 0 Å². The van der Waals surface area contributed by atoms with Gasteiger partial charge in [0.1, 0.15) is 11.6 Å². The summed E-state index contributed by atoms with van der Waals surface area (Å²) in [6.07, 6.45) is 0. The Kier molecular flexibility index (Phi) is 4.17. The van der Waals surface area contributed by atoms with E-state index in [4.69, 9.17) is 10.8 Å². The minimum absolute atomic E-state index is 0.151. The number of benzene rings is 1. The number of hydrogen-bond acceptors (Lipinski definition) is 2. The standard InChI is InChI=1S/C12H15F2NO2/c1-6(2)7-3-4-9(13)10(11(7)14)8(5-15)12(16)17/h3-4,6,8H,5,15H2,1-2H3,(H,16,17). The van der Waals surface area contributed by atoms with Gasteiger partial charge >= 0.3 is 5.97 Å². The van der Waals surface area contributed by atoms with Crippen LogP contribution >= 0.6 is 0 Å². The van der Waals surface area contributed by atoms with Gasteiger partial charge in [0.15, 0.2) is 0 Å². The Morgan fingerprint density at radius 1 is 1.41 bits per heavy atom. The maximum absolute atomic E-state index is 14.0. The maximum Gasteiger partial charge on any atom is 0.312 e. The third-order valence-corrected chi connectivity index (χ3v) is 2.66. The summed E-state index contributed by atoms with van der Waals surface area (Å²) >= 11 is 0. The first-order valence-corrected chi connectivity index (χ1v) is 5.30. The van der Waals surface area contributed by atoms with E-state index in [1.807, 2.05) is 0 Å². The van der Waals surface area contributed by atoms with Crippen LogP contribution in [0.15, 0.2) is 12.1 Å². The zero-order chi connectivity index (χ0) is 13.2. The van der Waals surface area contributed by atoms with Crippen molar-refractivity contribution in [2.75, 3.05) is 6.54 Å². The van der Waals surface area contributed by atoms with Crippen LogP contribution in [0.4, 0.5) is 8.78 Å². The van der Waals surface area contributed by atoms with E-state index in [9.17, 15) is 13.6 Å². The summed E-state index contributed by atoms with van der Waals surface area (Å²) < 4.78 is 27.6. The maximum atomic E-state index is 14.0. The van der Waals surface area contributed by atoms with Crippen molar-refractivity contribution in [3.05, 3.63) is 34.9 Å². The first-order valence-electron chi connectivity index (χ1n) is 5.30. The Morgan fingerprint density at radius 2 is 2.00 bits per heavy atom. The average molecular weight is 243 g/mol. The molecule has 5 heteroatoms. The first kappa shape index (κ1) is 13.6. The topological polar surface area (TPSA) is 63.3 Å². The number of rotatable bonds is 4. The predicted molar refractivity (Wildman–Crippen MR) is 59.9 cm³/mol. The van der Waals surface area contributed by atoms with E-state index in [0.29, 0.717) is 5.56 Å². The summed E-state index contributed by atoms with van der Waals surface area (Å²) in [7, 11) is 0. The van der Waals surface area contributed by atoms with Crippen LogP contribution in [0.25, 0.3) is 0 Å². The largest absolute Gasteiger partial charge is 0.481 e. The molecule has 1 atom stereocenters. The Bertz CT molecular complexity index is 433. The van der Waals surface area contributed by atoms with Gasteiger partial charge in [-0.25, -0.2) is 8.78 Å². The quantitative estimate of drug-likeness (QED) is 0.852. The highest BCUT2D eigenvalue weighted by Gasteiger charge is 2.27.